The molecule has 0 fully saturated rings. The monoisotopic (exact) mass is 319 g/mol. The number of aromatic amines is 1. The minimum Gasteiger partial charge on any atom is -0.373 e. The average molecular weight is 319 g/mol. The quantitative estimate of drug-likeness (QED) is 0.797. The van der Waals surface area contributed by atoms with Crippen LogP contribution < -0.4 is 11.4 Å². The van der Waals surface area contributed by atoms with Crippen molar-refractivity contribution in [3.8, 4) is 5.69 Å². The van der Waals surface area contributed by atoms with Gasteiger partial charge in [-0.05, 0) is 39.3 Å². The van der Waals surface area contributed by atoms with E-state index >= 15 is 0 Å². The number of nitrogens with one attached hydrogen (secondary N) is 1. The largest absolute Gasteiger partial charge is 0.373 e. The number of ether oxygens (including phenoxy) is 1. The zero-order chi connectivity index (χ0) is 17.0. The van der Waals surface area contributed by atoms with Crippen LogP contribution in [0.1, 0.15) is 46.6 Å². The first kappa shape index (κ1) is 17.3. The lowest BCUT2D eigenvalue weighted by Crippen LogP contribution is -2.40. The fourth-order valence-corrected chi connectivity index (χ4v) is 2.37. The lowest BCUT2D eigenvalue weighted by Gasteiger charge is -2.31. The normalized spacial score (nSPS) is 13.2. The standard InChI is InChI=1S/C17H25N3O3/c1-5-6-12-23-17(3,4)13(2)20-16(22)19(15(21)18-20)14-10-8-7-9-11-14/h7-11,13H,5-6,12H2,1-4H3,(H,18,21). The summed E-state index contributed by atoms with van der Waals surface area (Å²) in [6.45, 7) is 8.46. The van der Waals surface area contributed by atoms with Gasteiger partial charge in [0.05, 0.1) is 17.3 Å². The van der Waals surface area contributed by atoms with Crippen molar-refractivity contribution in [3.05, 3.63) is 51.3 Å². The lowest BCUT2D eigenvalue weighted by molar-refractivity contribution is -0.0551. The van der Waals surface area contributed by atoms with Crippen LogP contribution in [0.2, 0.25) is 0 Å². The SMILES string of the molecule is CCCCOC(C)(C)C(C)n1[nH]c(=O)n(-c2ccccc2)c1=O. The highest BCUT2D eigenvalue weighted by atomic mass is 16.5. The molecule has 0 saturated heterocycles. The molecule has 1 atom stereocenters. The van der Waals surface area contributed by atoms with Crippen molar-refractivity contribution in [2.75, 3.05) is 6.61 Å². The second-order valence-electron chi connectivity index (χ2n) is 6.22. The topological polar surface area (TPSA) is 69.0 Å². The van der Waals surface area contributed by atoms with Crippen molar-refractivity contribution in [1.29, 1.82) is 0 Å². The summed E-state index contributed by atoms with van der Waals surface area (Å²) in [6.07, 6.45) is 2.01. The Morgan fingerprint density at radius 3 is 2.48 bits per heavy atom. The molecule has 23 heavy (non-hydrogen) atoms. The van der Waals surface area contributed by atoms with Gasteiger partial charge in [0.2, 0.25) is 0 Å². The summed E-state index contributed by atoms with van der Waals surface area (Å²) in [6, 6.07) is 8.58. The van der Waals surface area contributed by atoms with Gasteiger partial charge in [-0.3, -0.25) is 0 Å². The summed E-state index contributed by atoms with van der Waals surface area (Å²) >= 11 is 0. The van der Waals surface area contributed by atoms with Gasteiger partial charge in [0.15, 0.2) is 0 Å². The molecule has 126 valence electrons. The van der Waals surface area contributed by atoms with Gasteiger partial charge >= 0.3 is 11.4 Å². The van der Waals surface area contributed by atoms with E-state index in [2.05, 4.69) is 12.0 Å². The van der Waals surface area contributed by atoms with E-state index in [1.54, 1.807) is 24.3 Å². The van der Waals surface area contributed by atoms with Crippen LogP contribution in [0, 0.1) is 0 Å². The van der Waals surface area contributed by atoms with Crippen LogP contribution in [-0.4, -0.2) is 26.6 Å². The second-order valence-corrected chi connectivity index (χ2v) is 6.22. The van der Waals surface area contributed by atoms with E-state index in [9.17, 15) is 9.59 Å². The van der Waals surface area contributed by atoms with Gasteiger partial charge in [0, 0.05) is 6.61 Å². The molecule has 1 heterocycles. The highest BCUT2D eigenvalue weighted by Gasteiger charge is 2.30. The van der Waals surface area contributed by atoms with Gasteiger partial charge in [0.25, 0.3) is 0 Å². The van der Waals surface area contributed by atoms with Crippen LogP contribution in [0.4, 0.5) is 0 Å². The van der Waals surface area contributed by atoms with Crippen LogP contribution in [0.15, 0.2) is 39.9 Å². The maximum absolute atomic E-state index is 12.6. The Labute approximate surface area is 135 Å². The van der Waals surface area contributed by atoms with Gasteiger partial charge < -0.3 is 4.74 Å². The Morgan fingerprint density at radius 2 is 1.87 bits per heavy atom. The second kappa shape index (κ2) is 7.00. The molecule has 0 amide bonds. The van der Waals surface area contributed by atoms with E-state index in [1.807, 2.05) is 26.8 Å². The average Bonchev–Trinajstić information content (AvgIpc) is 2.82. The molecule has 1 aromatic carbocycles. The Bertz CT molecular complexity index is 740. The molecular weight excluding hydrogens is 294 g/mol. The number of para-hydroxylation sites is 1. The molecule has 1 N–H and O–H groups in total. The summed E-state index contributed by atoms with van der Waals surface area (Å²) in [5.74, 6) is 0. The number of aromatic nitrogens is 3. The van der Waals surface area contributed by atoms with Crippen LogP contribution >= 0.6 is 0 Å². The Hall–Kier alpha value is -2.08. The van der Waals surface area contributed by atoms with Crippen molar-refractivity contribution in [2.24, 2.45) is 0 Å². The first-order valence-electron chi connectivity index (χ1n) is 8.01. The zero-order valence-corrected chi connectivity index (χ0v) is 14.2. The summed E-state index contributed by atoms with van der Waals surface area (Å²) in [5.41, 5.74) is -0.849. The van der Waals surface area contributed by atoms with E-state index in [-0.39, 0.29) is 11.7 Å². The molecule has 0 aliphatic rings. The molecule has 2 aromatic rings. The number of rotatable bonds is 7. The molecule has 6 heteroatoms. The molecule has 0 aliphatic carbocycles. The number of hydrogen-bond acceptors (Lipinski definition) is 3. The van der Waals surface area contributed by atoms with Crippen LogP contribution in [0.5, 0.6) is 0 Å². The van der Waals surface area contributed by atoms with E-state index in [1.165, 1.54) is 4.68 Å². The van der Waals surface area contributed by atoms with Crippen LogP contribution in [0.3, 0.4) is 0 Å². The Balaban J connectivity index is 2.35. The number of hydrogen-bond donors (Lipinski definition) is 1. The zero-order valence-electron chi connectivity index (χ0n) is 14.2. The van der Waals surface area contributed by atoms with Gasteiger partial charge in [-0.15, -0.1) is 0 Å². The molecular formula is C17H25N3O3. The fourth-order valence-electron chi connectivity index (χ4n) is 2.37. The van der Waals surface area contributed by atoms with Crippen molar-refractivity contribution in [2.45, 2.75) is 52.2 Å². The number of unbranched alkanes of at least 4 members (excludes halogenated alkanes) is 1. The van der Waals surface area contributed by atoms with E-state index in [0.717, 1.165) is 17.4 Å². The van der Waals surface area contributed by atoms with Crippen LogP contribution in [-0.2, 0) is 4.74 Å². The highest BCUT2D eigenvalue weighted by molar-refractivity contribution is 5.30. The lowest BCUT2D eigenvalue weighted by atomic mass is 10.0. The smallest absolute Gasteiger partial charge is 0.351 e. The van der Waals surface area contributed by atoms with Gasteiger partial charge in [-0.1, -0.05) is 31.5 Å². The molecule has 1 aromatic heterocycles. The maximum Gasteiger partial charge on any atom is 0.351 e. The summed E-state index contributed by atoms with van der Waals surface area (Å²) < 4.78 is 8.39. The molecule has 0 radical (unpaired) electrons. The van der Waals surface area contributed by atoms with Crippen molar-refractivity contribution in [1.82, 2.24) is 14.3 Å². The molecule has 0 bridgehead atoms. The summed E-state index contributed by atoms with van der Waals surface area (Å²) in [5, 5.41) is 2.64. The first-order valence-corrected chi connectivity index (χ1v) is 8.01. The minimum absolute atomic E-state index is 0.301. The van der Waals surface area contributed by atoms with E-state index < -0.39 is 11.3 Å². The van der Waals surface area contributed by atoms with Crippen molar-refractivity contribution in [3.63, 3.8) is 0 Å². The third-order valence-electron chi connectivity index (χ3n) is 4.20. The molecule has 0 saturated carbocycles. The molecule has 0 aliphatic heterocycles. The third kappa shape index (κ3) is 3.64. The molecule has 6 nitrogen and oxygen atoms in total. The third-order valence-corrected chi connectivity index (χ3v) is 4.20. The van der Waals surface area contributed by atoms with Crippen molar-refractivity contribution >= 4 is 0 Å². The maximum atomic E-state index is 12.6. The minimum atomic E-state index is -0.565. The molecule has 0 spiro atoms. The summed E-state index contributed by atoms with van der Waals surface area (Å²) in [4.78, 5) is 24.8. The molecule has 1 unspecified atom stereocenters. The molecule has 2 rings (SSSR count). The summed E-state index contributed by atoms with van der Waals surface area (Å²) in [7, 11) is 0. The van der Waals surface area contributed by atoms with E-state index in [4.69, 9.17) is 4.74 Å². The van der Waals surface area contributed by atoms with Gasteiger partial charge in [-0.25, -0.2) is 23.9 Å². The number of benzene rings is 1. The highest BCUT2D eigenvalue weighted by Crippen LogP contribution is 2.24. The Morgan fingerprint density at radius 1 is 1.22 bits per heavy atom. The number of nitrogens with zero attached hydrogens (tertiary/aromatic N) is 2. The number of H-pyrrole nitrogens is 1. The van der Waals surface area contributed by atoms with Gasteiger partial charge in [0.1, 0.15) is 0 Å². The Kier molecular flexibility index (Phi) is 5.26. The van der Waals surface area contributed by atoms with Crippen LogP contribution in [0.25, 0.3) is 5.69 Å². The first-order chi connectivity index (χ1) is 10.9. The van der Waals surface area contributed by atoms with Crippen molar-refractivity contribution < 1.29 is 4.74 Å². The van der Waals surface area contributed by atoms with E-state index in [0.29, 0.717) is 12.3 Å². The predicted octanol–water partition coefficient (Wildman–Crippen LogP) is 2.48. The predicted molar refractivity (Wildman–Crippen MR) is 90.3 cm³/mol. The fraction of sp³-hybridized carbons (Fsp3) is 0.529. The van der Waals surface area contributed by atoms with Gasteiger partial charge in [-0.2, -0.15) is 0 Å².